The number of thiophene rings is 1. The Hall–Kier alpha value is 0.0300. The first-order valence-electron chi connectivity index (χ1n) is 5.24. The summed E-state index contributed by atoms with van der Waals surface area (Å²) in [5.41, 5.74) is 2.11. The fourth-order valence-electron chi connectivity index (χ4n) is 1.33. The zero-order valence-corrected chi connectivity index (χ0v) is 13.1. The van der Waals surface area contributed by atoms with Crippen LogP contribution in [0.5, 0.6) is 0 Å². The first-order chi connectivity index (χ1) is 7.64. The van der Waals surface area contributed by atoms with Crippen LogP contribution in [0.15, 0.2) is 0 Å². The van der Waals surface area contributed by atoms with E-state index in [1.165, 1.54) is 11.3 Å². The third-order valence-corrected chi connectivity index (χ3v) is 5.01. The van der Waals surface area contributed by atoms with E-state index >= 15 is 0 Å². The highest BCUT2D eigenvalue weighted by Crippen LogP contribution is 2.49. The zero-order valence-electron chi connectivity index (χ0n) is 10.6. The highest BCUT2D eigenvalue weighted by Gasteiger charge is 2.27. The Morgan fingerprint density at radius 2 is 1.76 bits per heavy atom. The molecule has 17 heavy (non-hydrogen) atoms. The van der Waals surface area contributed by atoms with Crippen molar-refractivity contribution >= 4 is 34.8 Å². The Labute approximate surface area is 111 Å². The molecule has 0 aliphatic rings. The standard InChI is InChI=1S/C10H18NO3PS2/c1-6(2)14-11(15(12,13)16)10-8(4)7(3)9(5)17-10/h6H,1-5H3,(H2,12,13,16). The second kappa shape index (κ2) is 5.34. The summed E-state index contributed by atoms with van der Waals surface area (Å²) in [4.78, 5) is 27.1. The minimum absolute atomic E-state index is 0.168. The van der Waals surface area contributed by atoms with Gasteiger partial charge in [-0.3, -0.25) is 4.84 Å². The van der Waals surface area contributed by atoms with E-state index in [0.29, 0.717) is 5.00 Å². The molecule has 0 radical (unpaired) electrons. The summed E-state index contributed by atoms with van der Waals surface area (Å²) in [7, 11) is 0. The van der Waals surface area contributed by atoms with Crippen LogP contribution in [-0.2, 0) is 16.6 Å². The third-order valence-electron chi connectivity index (χ3n) is 2.38. The molecule has 2 N–H and O–H groups in total. The number of hydrogen-bond acceptors (Lipinski definition) is 3. The minimum Gasteiger partial charge on any atom is -0.328 e. The molecule has 0 unspecified atom stereocenters. The van der Waals surface area contributed by atoms with Crippen LogP contribution in [0.3, 0.4) is 0 Å². The molecule has 0 aliphatic heterocycles. The van der Waals surface area contributed by atoms with Gasteiger partial charge in [-0.2, -0.15) is 4.83 Å². The van der Waals surface area contributed by atoms with Crippen molar-refractivity contribution in [2.45, 2.75) is 40.7 Å². The van der Waals surface area contributed by atoms with Gasteiger partial charge >= 0.3 is 6.64 Å². The van der Waals surface area contributed by atoms with E-state index < -0.39 is 6.64 Å². The van der Waals surface area contributed by atoms with Crippen molar-refractivity contribution < 1.29 is 14.6 Å². The van der Waals surface area contributed by atoms with Crippen LogP contribution in [0.25, 0.3) is 0 Å². The molecule has 4 nitrogen and oxygen atoms in total. The fraction of sp³-hybridized carbons (Fsp3) is 0.600. The van der Waals surface area contributed by atoms with Crippen LogP contribution >= 0.6 is 18.0 Å². The van der Waals surface area contributed by atoms with E-state index in [4.69, 9.17) is 16.6 Å². The largest absolute Gasteiger partial charge is 0.328 e. The maximum Gasteiger partial charge on any atom is 0.309 e. The molecular formula is C10H18NO3PS2. The van der Waals surface area contributed by atoms with Gasteiger partial charge in [0.2, 0.25) is 0 Å². The molecule has 0 saturated carbocycles. The average molecular weight is 295 g/mol. The van der Waals surface area contributed by atoms with Crippen LogP contribution in [-0.4, -0.2) is 15.9 Å². The van der Waals surface area contributed by atoms with E-state index in [0.717, 1.165) is 20.8 Å². The van der Waals surface area contributed by atoms with E-state index in [9.17, 15) is 9.79 Å². The molecule has 0 bridgehead atoms. The van der Waals surface area contributed by atoms with Crippen LogP contribution in [0, 0.1) is 20.8 Å². The highest BCUT2D eigenvalue weighted by molar-refractivity contribution is 8.09. The van der Waals surface area contributed by atoms with Crippen molar-refractivity contribution in [3.63, 3.8) is 0 Å². The smallest absolute Gasteiger partial charge is 0.309 e. The van der Waals surface area contributed by atoms with Gasteiger partial charge in [0.15, 0.2) is 0 Å². The number of nitrogens with zero attached hydrogens (tertiary/aromatic N) is 1. The van der Waals surface area contributed by atoms with Crippen molar-refractivity contribution in [3.8, 4) is 0 Å². The van der Waals surface area contributed by atoms with E-state index in [1.807, 2.05) is 34.6 Å². The molecule has 0 atom stereocenters. The predicted octanol–water partition coefficient (Wildman–Crippen LogP) is 3.03. The summed E-state index contributed by atoms with van der Waals surface area (Å²) in [5, 5.41) is 0.682. The molecule has 1 aromatic rings. The van der Waals surface area contributed by atoms with Crippen molar-refractivity contribution in [1.29, 1.82) is 0 Å². The van der Waals surface area contributed by atoms with Crippen LogP contribution in [0.2, 0.25) is 0 Å². The lowest BCUT2D eigenvalue weighted by Crippen LogP contribution is -2.23. The monoisotopic (exact) mass is 295 g/mol. The van der Waals surface area contributed by atoms with Gasteiger partial charge in [-0.15, -0.1) is 11.3 Å². The normalized spacial score (nSPS) is 12.2. The SMILES string of the molecule is Cc1sc(N(OC(C)C)P(O)(O)=S)c(C)c1C. The summed E-state index contributed by atoms with van der Waals surface area (Å²) in [5.74, 6) is 0. The second-order valence-electron chi connectivity index (χ2n) is 4.15. The van der Waals surface area contributed by atoms with Crippen molar-refractivity contribution in [1.82, 2.24) is 0 Å². The van der Waals surface area contributed by atoms with Gasteiger partial charge in [-0.05, 0) is 57.6 Å². The third kappa shape index (κ3) is 3.50. The summed E-state index contributed by atoms with van der Waals surface area (Å²) in [6.07, 6.45) is -0.168. The molecule has 0 fully saturated rings. The number of rotatable bonds is 4. The Balaban J connectivity index is 3.23. The summed E-state index contributed by atoms with van der Waals surface area (Å²) in [6.45, 7) is 5.92. The van der Waals surface area contributed by atoms with Gasteiger partial charge in [-0.25, -0.2) is 0 Å². The van der Waals surface area contributed by atoms with Gasteiger partial charge in [0.05, 0.1) is 6.10 Å². The molecule has 0 aromatic carbocycles. The molecule has 0 saturated heterocycles. The lowest BCUT2D eigenvalue weighted by Gasteiger charge is -2.28. The number of hydrogen-bond donors (Lipinski definition) is 2. The molecule has 0 aliphatic carbocycles. The van der Waals surface area contributed by atoms with Crippen molar-refractivity contribution in [2.75, 3.05) is 4.83 Å². The maximum atomic E-state index is 9.69. The van der Waals surface area contributed by atoms with Crippen LogP contribution in [0.1, 0.15) is 29.9 Å². The molecule has 1 aromatic heterocycles. The second-order valence-corrected chi connectivity index (χ2v) is 8.22. The molecule has 1 heterocycles. The average Bonchev–Trinajstić information content (AvgIpc) is 2.40. The summed E-state index contributed by atoms with van der Waals surface area (Å²) < 4.78 is 0. The molecule has 0 amide bonds. The van der Waals surface area contributed by atoms with Crippen molar-refractivity contribution in [3.05, 3.63) is 16.0 Å². The Morgan fingerprint density at radius 1 is 1.24 bits per heavy atom. The van der Waals surface area contributed by atoms with E-state index in [-0.39, 0.29) is 6.10 Å². The zero-order chi connectivity index (χ0) is 13.4. The molecule has 0 spiro atoms. The topological polar surface area (TPSA) is 52.9 Å². The lowest BCUT2D eigenvalue weighted by atomic mass is 10.2. The maximum absolute atomic E-state index is 9.69. The molecule has 1 rings (SSSR count). The number of anilines is 1. The van der Waals surface area contributed by atoms with Gasteiger partial charge in [-0.1, -0.05) is 0 Å². The first-order valence-corrected chi connectivity index (χ1v) is 8.71. The molecular weight excluding hydrogens is 277 g/mol. The molecule has 98 valence electrons. The van der Waals surface area contributed by atoms with Gasteiger partial charge in [0, 0.05) is 4.88 Å². The summed E-state index contributed by atoms with van der Waals surface area (Å²) in [6, 6.07) is 0. The fourth-order valence-corrected chi connectivity index (χ4v) is 4.03. The quantitative estimate of drug-likeness (QED) is 0.660. The predicted molar refractivity (Wildman–Crippen MR) is 76.0 cm³/mol. The Kier molecular flexibility index (Phi) is 4.74. The Bertz CT molecular complexity index is 453. The van der Waals surface area contributed by atoms with Gasteiger partial charge < -0.3 is 9.79 Å². The summed E-state index contributed by atoms with van der Waals surface area (Å²) >= 11 is 6.21. The molecule has 7 heteroatoms. The van der Waals surface area contributed by atoms with Crippen LogP contribution < -0.4 is 4.83 Å². The van der Waals surface area contributed by atoms with Gasteiger partial charge in [0.1, 0.15) is 5.00 Å². The lowest BCUT2D eigenvalue weighted by molar-refractivity contribution is 0.0847. The Morgan fingerprint density at radius 3 is 2.06 bits per heavy atom. The van der Waals surface area contributed by atoms with E-state index in [1.54, 1.807) is 0 Å². The van der Waals surface area contributed by atoms with Crippen molar-refractivity contribution in [2.24, 2.45) is 0 Å². The first kappa shape index (κ1) is 15.1. The van der Waals surface area contributed by atoms with Gasteiger partial charge in [0.25, 0.3) is 0 Å². The number of aryl methyl sites for hydroxylation is 1. The highest BCUT2D eigenvalue weighted by atomic mass is 32.5. The van der Waals surface area contributed by atoms with E-state index in [2.05, 4.69) is 0 Å². The van der Waals surface area contributed by atoms with Crippen LogP contribution in [0.4, 0.5) is 5.00 Å². The minimum atomic E-state index is -3.63.